The Hall–Kier alpha value is -1.10. The number of benzene rings is 1. The van der Waals surface area contributed by atoms with Gasteiger partial charge in [-0.15, -0.1) is 0 Å². The van der Waals surface area contributed by atoms with Crippen LogP contribution in [0.25, 0.3) is 0 Å². The highest BCUT2D eigenvalue weighted by Gasteiger charge is 2.32. The first-order chi connectivity index (χ1) is 9.63. The number of para-hydroxylation sites is 1. The third kappa shape index (κ3) is 3.72. The summed E-state index contributed by atoms with van der Waals surface area (Å²) in [7, 11) is 5.91. The van der Waals surface area contributed by atoms with Crippen molar-refractivity contribution in [2.75, 3.05) is 47.4 Å². The van der Waals surface area contributed by atoms with Crippen LogP contribution in [0.5, 0.6) is 5.75 Å². The van der Waals surface area contributed by atoms with E-state index in [1.165, 1.54) is 5.56 Å². The summed E-state index contributed by atoms with van der Waals surface area (Å²) in [6, 6.07) is 8.17. The summed E-state index contributed by atoms with van der Waals surface area (Å²) < 4.78 is 5.42. The molecule has 0 spiro atoms. The molecule has 0 aromatic heterocycles. The number of methoxy groups -OCH3 is 1. The first-order valence-corrected chi connectivity index (χ1v) is 7.24. The molecule has 4 heteroatoms. The monoisotopic (exact) mass is 278 g/mol. The smallest absolute Gasteiger partial charge is 0.123 e. The molecule has 0 aliphatic carbocycles. The second-order valence-electron chi connectivity index (χ2n) is 5.97. The van der Waals surface area contributed by atoms with Crippen LogP contribution in [0.4, 0.5) is 0 Å². The predicted octanol–water partition coefficient (Wildman–Crippen LogP) is 1.30. The van der Waals surface area contributed by atoms with Crippen LogP contribution in [0.1, 0.15) is 5.56 Å². The van der Waals surface area contributed by atoms with E-state index in [1.807, 2.05) is 12.1 Å². The van der Waals surface area contributed by atoms with E-state index in [9.17, 15) is 5.11 Å². The minimum atomic E-state index is 0.279. The molecule has 1 aliphatic heterocycles. The van der Waals surface area contributed by atoms with E-state index in [2.05, 4.69) is 36.0 Å². The molecule has 1 fully saturated rings. The lowest BCUT2D eigenvalue weighted by molar-refractivity contribution is 0.183. The minimum absolute atomic E-state index is 0.279. The van der Waals surface area contributed by atoms with Gasteiger partial charge >= 0.3 is 0 Å². The van der Waals surface area contributed by atoms with Gasteiger partial charge in [0.2, 0.25) is 0 Å². The normalized spacial score (nSPS) is 23.4. The van der Waals surface area contributed by atoms with Crippen LogP contribution >= 0.6 is 0 Å². The van der Waals surface area contributed by atoms with Crippen LogP contribution in [0, 0.1) is 11.8 Å². The van der Waals surface area contributed by atoms with E-state index in [-0.39, 0.29) is 6.61 Å². The molecule has 4 nitrogen and oxygen atoms in total. The molecule has 2 atom stereocenters. The van der Waals surface area contributed by atoms with Crippen LogP contribution in [-0.2, 0) is 6.54 Å². The van der Waals surface area contributed by atoms with E-state index >= 15 is 0 Å². The van der Waals surface area contributed by atoms with Gasteiger partial charge < -0.3 is 14.7 Å². The van der Waals surface area contributed by atoms with Gasteiger partial charge in [-0.3, -0.25) is 4.90 Å². The molecular weight excluding hydrogens is 252 g/mol. The molecule has 1 saturated heterocycles. The molecule has 1 N–H and O–H groups in total. The fourth-order valence-corrected chi connectivity index (χ4v) is 3.12. The first-order valence-electron chi connectivity index (χ1n) is 7.24. The SMILES string of the molecule is COc1ccccc1CN1C[C@@H](CN(C)C)[C@@H](CO)C1. The number of rotatable bonds is 6. The van der Waals surface area contributed by atoms with Gasteiger partial charge in [-0.1, -0.05) is 18.2 Å². The maximum atomic E-state index is 9.56. The Morgan fingerprint density at radius 2 is 1.95 bits per heavy atom. The van der Waals surface area contributed by atoms with Gasteiger partial charge in [-0.05, 0) is 32.0 Å². The summed E-state index contributed by atoms with van der Waals surface area (Å²) in [6.07, 6.45) is 0. The summed E-state index contributed by atoms with van der Waals surface area (Å²) >= 11 is 0. The second kappa shape index (κ2) is 7.07. The summed E-state index contributed by atoms with van der Waals surface area (Å²) in [5.74, 6) is 1.88. The lowest BCUT2D eigenvalue weighted by Gasteiger charge is -2.20. The van der Waals surface area contributed by atoms with Crippen molar-refractivity contribution in [3.8, 4) is 5.75 Å². The Kier molecular flexibility index (Phi) is 5.40. The van der Waals surface area contributed by atoms with E-state index in [0.717, 1.165) is 31.9 Å². The Balaban J connectivity index is 2.00. The van der Waals surface area contributed by atoms with Crippen molar-refractivity contribution in [3.63, 3.8) is 0 Å². The van der Waals surface area contributed by atoms with Gasteiger partial charge in [-0.2, -0.15) is 0 Å². The molecule has 1 aromatic rings. The quantitative estimate of drug-likeness (QED) is 0.851. The summed E-state index contributed by atoms with van der Waals surface area (Å²) in [5, 5.41) is 9.56. The molecule has 1 aromatic carbocycles. The van der Waals surface area contributed by atoms with Crippen LogP contribution in [0.2, 0.25) is 0 Å². The standard InChI is InChI=1S/C16H26N2O2/c1-17(2)8-14-10-18(11-15(14)12-19)9-13-6-4-5-7-16(13)20-3/h4-7,14-15,19H,8-12H2,1-3H3/t14-,15-/m1/s1. The number of nitrogens with zero attached hydrogens (tertiary/aromatic N) is 2. The predicted molar refractivity (Wildman–Crippen MR) is 80.9 cm³/mol. The zero-order chi connectivity index (χ0) is 14.5. The molecule has 0 amide bonds. The summed E-state index contributed by atoms with van der Waals surface area (Å²) in [5.41, 5.74) is 1.22. The molecule has 0 radical (unpaired) electrons. The van der Waals surface area contributed by atoms with Gasteiger partial charge in [0.05, 0.1) is 7.11 Å². The van der Waals surface area contributed by atoms with Crippen molar-refractivity contribution >= 4 is 0 Å². The molecule has 2 rings (SSSR count). The van der Waals surface area contributed by atoms with Gasteiger partial charge in [0.25, 0.3) is 0 Å². The topological polar surface area (TPSA) is 35.9 Å². The van der Waals surface area contributed by atoms with Crippen LogP contribution in [0.15, 0.2) is 24.3 Å². The highest BCUT2D eigenvalue weighted by Crippen LogP contribution is 2.27. The van der Waals surface area contributed by atoms with Crippen LogP contribution in [-0.4, -0.2) is 62.4 Å². The van der Waals surface area contributed by atoms with Crippen LogP contribution in [0.3, 0.4) is 0 Å². The lowest BCUT2D eigenvalue weighted by Crippen LogP contribution is -2.28. The van der Waals surface area contributed by atoms with Gasteiger partial charge in [0, 0.05) is 38.3 Å². The van der Waals surface area contributed by atoms with Crippen molar-refractivity contribution in [3.05, 3.63) is 29.8 Å². The molecule has 0 saturated carbocycles. The molecule has 0 unspecified atom stereocenters. The van der Waals surface area contributed by atoms with E-state index in [1.54, 1.807) is 7.11 Å². The Bertz CT molecular complexity index is 423. The highest BCUT2D eigenvalue weighted by atomic mass is 16.5. The fourth-order valence-electron chi connectivity index (χ4n) is 3.12. The molecule has 20 heavy (non-hydrogen) atoms. The van der Waals surface area contributed by atoms with E-state index in [4.69, 9.17) is 4.74 Å². The third-order valence-corrected chi connectivity index (χ3v) is 4.07. The summed E-state index contributed by atoms with van der Waals surface area (Å²) in [4.78, 5) is 4.63. The molecule has 112 valence electrons. The van der Waals surface area contributed by atoms with Crippen molar-refractivity contribution < 1.29 is 9.84 Å². The number of ether oxygens (including phenoxy) is 1. The number of aliphatic hydroxyl groups excluding tert-OH is 1. The van der Waals surface area contributed by atoms with E-state index in [0.29, 0.717) is 11.8 Å². The zero-order valence-electron chi connectivity index (χ0n) is 12.7. The van der Waals surface area contributed by atoms with Crippen molar-refractivity contribution in [1.29, 1.82) is 0 Å². The molecule has 0 bridgehead atoms. The number of likely N-dealkylation sites (tertiary alicyclic amines) is 1. The lowest BCUT2D eigenvalue weighted by atomic mass is 9.97. The van der Waals surface area contributed by atoms with Gasteiger partial charge in [0.15, 0.2) is 0 Å². The van der Waals surface area contributed by atoms with Gasteiger partial charge in [0.1, 0.15) is 5.75 Å². The van der Waals surface area contributed by atoms with E-state index < -0.39 is 0 Å². The summed E-state index contributed by atoms with van der Waals surface area (Å²) in [6.45, 7) is 4.22. The number of aliphatic hydroxyl groups is 1. The minimum Gasteiger partial charge on any atom is -0.496 e. The maximum Gasteiger partial charge on any atom is 0.123 e. The average Bonchev–Trinajstić information content (AvgIpc) is 2.80. The second-order valence-corrected chi connectivity index (χ2v) is 5.97. The fraction of sp³-hybridized carbons (Fsp3) is 0.625. The Morgan fingerprint density at radius 3 is 2.60 bits per heavy atom. The zero-order valence-corrected chi connectivity index (χ0v) is 12.7. The van der Waals surface area contributed by atoms with Crippen molar-refractivity contribution in [1.82, 2.24) is 9.80 Å². The van der Waals surface area contributed by atoms with Gasteiger partial charge in [-0.25, -0.2) is 0 Å². The Labute approximate surface area is 122 Å². The molecular formula is C16H26N2O2. The first kappa shape index (κ1) is 15.3. The number of hydrogen-bond acceptors (Lipinski definition) is 4. The molecule has 1 aliphatic rings. The highest BCUT2D eigenvalue weighted by molar-refractivity contribution is 5.33. The third-order valence-electron chi connectivity index (χ3n) is 4.07. The van der Waals surface area contributed by atoms with Crippen molar-refractivity contribution in [2.24, 2.45) is 11.8 Å². The number of hydrogen-bond donors (Lipinski definition) is 1. The maximum absolute atomic E-state index is 9.56. The largest absolute Gasteiger partial charge is 0.496 e. The van der Waals surface area contributed by atoms with Crippen LogP contribution < -0.4 is 4.74 Å². The molecule has 1 heterocycles. The Morgan fingerprint density at radius 1 is 1.25 bits per heavy atom. The van der Waals surface area contributed by atoms with Crippen molar-refractivity contribution in [2.45, 2.75) is 6.54 Å². The average molecular weight is 278 g/mol.